The van der Waals surface area contributed by atoms with Gasteiger partial charge in [0.05, 0.1) is 24.2 Å². The summed E-state index contributed by atoms with van der Waals surface area (Å²) in [6, 6.07) is 1.99. The van der Waals surface area contributed by atoms with Crippen molar-refractivity contribution in [1.82, 2.24) is 10.3 Å². The van der Waals surface area contributed by atoms with Gasteiger partial charge in [-0.2, -0.15) is 5.26 Å². The summed E-state index contributed by atoms with van der Waals surface area (Å²) >= 11 is 7.34. The summed E-state index contributed by atoms with van der Waals surface area (Å²) in [7, 11) is 0. The van der Waals surface area contributed by atoms with Crippen molar-refractivity contribution in [2.45, 2.75) is 38.1 Å². The minimum absolute atomic E-state index is 0.0229. The number of hydrogen-bond acceptors (Lipinski definition) is 7. The van der Waals surface area contributed by atoms with Gasteiger partial charge in [-0.1, -0.05) is 29.9 Å². The van der Waals surface area contributed by atoms with E-state index in [2.05, 4.69) is 15.2 Å². The summed E-state index contributed by atoms with van der Waals surface area (Å²) in [4.78, 5) is 18.9. The largest absolute Gasteiger partial charge is 0.390 e. The summed E-state index contributed by atoms with van der Waals surface area (Å²) in [5.74, 6) is -0.0920. The number of aliphatic hydroxyl groups is 1. The number of thiazole rings is 1. The van der Waals surface area contributed by atoms with E-state index in [9.17, 15) is 9.90 Å². The molecule has 2 N–H and O–H groups in total. The molecule has 1 aromatic heterocycles. The zero-order valence-electron chi connectivity index (χ0n) is 14.4. The number of hydrogen-bond donors (Lipinski definition) is 2. The van der Waals surface area contributed by atoms with Crippen molar-refractivity contribution in [2.75, 3.05) is 24.5 Å². The number of carbonyl (C=O) groups is 1. The number of aromatic nitrogens is 1. The number of fused-ring (bicyclic) bond motifs is 4. The van der Waals surface area contributed by atoms with E-state index in [0.717, 1.165) is 6.42 Å². The predicted octanol–water partition coefficient (Wildman–Crippen LogP) is 1.39. The van der Waals surface area contributed by atoms with E-state index >= 15 is 0 Å². The molecule has 3 fully saturated rings. The van der Waals surface area contributed by atoms with Crippen molar-refractivity contribution in [1.29, 1.82) is 5.26 Å². The van der Waals surface area contributed by atoms with Gasteiger partial charge in [-0.25, -0.2) is 4.98 Å². The van der Waals surface area contributed by atoms with Gasteiger partial charge in [-0.15, -0.1) is 0 Å². The molecular weight excluding hydrogens is 376 g/mol. The number of nitrogens with zero attached hydrogens (tertiary/aromatic N) is 3. The number of rotatable bonds is 4. The molecule has 9 heteroatoms. The van der Waals surface area contributed by atoms with Gasteiger partial charge in [0.1, 0.15) is 10.4 Å². The third kappa shape index (κ3) is 2.87. The average Bonchev–Trinajstić information content (AvgIpc) is 3.33. The Bertz CT molecular complexity index is 751. The van der Waals surface area contributed by atoms with E-state index in [1.807, 2.05) is 13.0 Å². The van der Waals surface area contributed by atoms with Crippen LogP contribution in [0.1, 0.15) is 25.5 Å². The number of aliphatic hydroxyl groups excluding tert-OH is 1. The molecule has 1 aromatic rings. The third-order valence-electron chi connectivity index (χ3n) is 5.71. The zero-order valence-corrected chi connectivity index (χ0v) is 16.0. The van der Waals surface area contributed by atoms with Gasteiger partial charge < -0.3 is 20.1 Å². The minimum atomic E-state index is -0.587. The molecule has 0 aromatic carbocycles. The molecule has 4 heterocycles. The Hall–Kier alpha value is -1.40. The lowest BCUT2D eigenvalue weighted by molar-refractivity contribution is -0.140. The number of ether oxygens (including phenoxy) is 1. The molecule has 26 heavy (non-hydrogen) atoms. The van der Waals surface area contributed by atoms with Gasteiger partial charge >= 0.3 is 0 Å². The standard InChI is InChI=1S/C17H21ClN4O3S/c1-2-3-20-16(24)8-4-12-13(23)9-6-22(7-10(9)14(8)25-12)17-21-11(5-19)15(18)26-17/h8-10,12-14,23H,2-4,6-7H2,1H3,(H,20,24)/t8?,9-,10+,12+,13+,14-/m1/s1. The van der Waals surface area contributed by atoms with Crippen LogP contribution < -0.4 is 10.2 Å². The van der Waals surface area contributed by atoms with Gasteiger partial charge in [0.25, 0.3) is 0 Å². The maximum atomic E-state index is 12.5. The van der Waals surface area contributed by atoms with Crippen LogP contribution in [0.2, 0.25) is 4.34 Å². The SMILES string of the molecule is CCCNC(=O)C1C[C@@H]2O[C@H]1[C@H]1CN(c3nc(C#N)c(Cl)s3)C[C@H]1[C@@H]2O. The fourth-order valence-electron chi connectivity index (χ4n) is 4.48. The Labute approximate surface area is 160 Å². The van der Waals surface area contributed by atoms with Crippen LogP contribution in [0.15, 0.2) is 0 Å². The van der Waals surface area contributed by atoms with Crippen molar-refractivity contribution < 1.29 is 14.6 Å². The van der Waals surface area contributed by atoms with Gasteiger partial charge in [0, 0.05) is 31.5 Å². The molecule has 140 valence electrons. The second-order valence-corrected chi connectivity index (χ2v) is 8.81. The first-order valence-electron chi connectivity index (χ1n) is 8.96. The second-order valence-electron chi connectivity index (χ2n) is 7.23. The lowest BCUT2D eigenvalue weighted by atomic mass is 9.83. The number of anilines is 1. The summed E-state index contributed by atoms with van der Waals surface area (Å²) in [6.45, 7) is 3.96. The lowest BCUT2D eigenvalue weighted by Gasteiger charge is -2.36. The highest BCUT2D eigenvalue weighted by Crippen LogP contribution is 2.48. The molecule has 0 saturated carbocycles. The van der Waals surface area contributed by atoms with Crippen LogP contribution in [-0.4, -0.2) is 53.9 Å². The number of nitriles is 1. The van der Waals surface area contributed by atoms with Gasteiger partial charge in [0.2, 0.25) is 5.91 Å². The Morgan fingerprint density at radius 2 is 2.31 bits per heavy atom. The minimum Gasteiger partial charge on any atom is -0.390 e. The molecule has 1 unspecified atom stereocenters. The Kier molecular flexibility index (Phi) is 4.82. The van der Waals surface area contributed by atoms with Crippen molar-refractivity contribution in [2.24, 2.45) is 17.8 Å². The quantitative estimate of drug-likeness (QED) is 0.798. The van der Waals surface area contributed by atoms with Crippen LogP contribution in [-0.2, 0) is 9.53 Å². The normalized spacial score (nSPS) is 35.2. The average molecular weight is 397 g/mol. The number of halogens is 1. The van der Waals surface area contributed by atoms with Gasteiger partial charge in [0.15, 0.2) is 10.8 Å². The summed E-state index contributed by atoms with van der Waals surface area (Å²) < 4.78 is 6.42. The molecule has 2 bridgehead atoms. The molecule has 6 atom stereocenters. The van der Waals surface area contributed by atoms with E-state index < -0.39 is 6.10 Å². The molecule has 3 aliphatic rings. The summed E-state index contributed by atoms with van der Waals surface area (Å²) in [6.07, 6.45) is 0.420. The maximum absolute atomic E-state index is 12.5. The monoisotopic (exact) mass is 396 g/mol. The van der Waals surface area contributed by atoms with E-state index in [1.54, 1.807) is 0 Å². The van der Waals surface area contributed by atoms with Gasteiger partial charge in [-0.05, 0) is 12.8 Å². The lowest BCUT2D eigenvalue weighted by Crippen LogP contribution is -2.47. The molecule has 3 saturated heterocycles. The van der Waals surface area contributed by atoms with E-state index in [1.165, 1.54) is 11.3 Å². The highest BCUT2D eigenvalue weighted by atomic mass is 35.5. The number of amides is 1. The zero-order chi connectivity index (χ0) is 18.4. The first-order chi connectivity index (χ1) is 12.5. The maximum Gasteiger partial charge on any atom is 0.225 e. The molecule has 0 spiro atoms. The molecule has 7 nitrogen and oxygen atoms in total. The highest BCUT2D eigenvalue weighted by molar-refractivity contribution is 7.19. The van der Waals surface area contributed by atoms with E-state index in [-0.39, 0.29) is 41.6 Å². The van der Waals surface area contributed by atoms with Crippen LogP contribution in [0, 0.1) is 29.1 Å². The summed E-state index contributed by atoms with van der Waals surface area (Å²) in [5.41, 5.74) is 0.233. The first kappa shape index (κ1) is 18.0. The number of carbonyl (C=O) groups excluding carboxylic acids is 1. The van der Waals surface area contributed by atoms with Crippen LogP contribution in [0.4, 0.5) is 5.13 Å². The molecule has 1 amide bonds. The van der Waals surface area contributed by atoms with E-state index in [4.69, 9.17) is 21.6 Å². The second kappa shape index (κ2) is 6.97. The summed E-state index contributed by atoms with van der Waals surface area (Å²) in [5, 5.41) is 23.5. The molecule has 0 radical (unpaired) electrons. The van der Waals surface area contributed by atoms with E-state index in [0.29, 0.717) is 35.5 Å². The van der Waals surface area contributed by atoms with Crippen LogP contribution in [0.25, 0.3) is 0 Å². The Morgan fingerprint density at radius 3 is 3.00 bits per heavy atom. The fourth-order valence-corrected chi connectivity index (χ4v) is 5.54. The third-order valence-corrected chi connectivity index (χ3v) is 7.02. The van der Waals surface area contributed by atoms with Crippen molar-refractivity contribution in [3.63, 3.8) is 0 Å². The predicted molar refractivity (Wildman–Crippen MR) is 97.1 cm³/mol. The first-order valence-corrected chi connectivity index (χ1v) is 10.2. The van der Waals surface area contributed by atoms with Crippen LogP contribution in [0.3, 0.4) is 0 Å². The van der Waals surface area contributed by atoms with Crippen molar-refractivity contribution >= 4 is 34.0 Å². The van der Waals surface area contributed by atoms with Crippen LogP contribution >= 0.6 is 22.9 Å². The smallest absolute Gasteiger partial charge is 0.225 e. The van der Waals surface area contributed by atoms with Crippen molar-refractivity contribution in [3.8, 4) is 6.07 Å². The Balaban J connectivity index is 1.54. The van der Waals surface area contributed by atoms with Crippen LogP contribution in [0.5, 0.6) is 0 Å². The topological polar surface area (TPSA) is 98.5 Å². The van der Waals surface area contributed by atoms with Crippen molar-refractivity contribution in [3.05, 3.63) is 10.0 Å². The van der Waals surface area contributed by atoms with Gasteiger partial charge in [-0.3, -0.25) is 4.79 Å². The molecule has 3 aliphatic heterocycles. The molecule has 0 aliphatic carbocycles. The fraction of sp³-hybridized carbons (Fsp3) is 0.706. The number of nitrogens with one attached hydrogen (secondary N) is 1. The highest BCUT2D eigenvalue weighted by Gasteiger charge is 2.58. The Morgan fingerprint density at radius 1 is 1.54 bits per heavy atom. The molecule has 4 rings (SSSR count). The molecular formula is C17H21ClN4O3S.